The van der Waals surface area contributed by atoms with Gasteiger partial charge in [0.15, 0.2) is 15.0 Å². The second kappa shape index (κ2) is 8.89. The molecule has 0 aliphatic carbocycles. The van der Waals surface area contributed by atoms with Crippen molar-refractivity contribution in [2.75, 3.05) is 24.7 Å². The average molecular weight is 494 g/mol. The minimum Gasteiger partial charge on any atom is -0.298 e. The van der Waals surface area contributed by atoms with E-state index in [1.807, 2.05) is 0 Å². The molecule has 8 nitrogen and oxygen atoms in total. The quantitative estimate of drug-likeness (QED) is 0.582. The number of anilines is 1. The molecule has 0 spiro atoms. The van der Waals surface area contributed by atoms with Gasteiger partial charge in [0.05, 0.1) is 20.0 Å². The van der Waals surface area contributed by atoms with E-state index in [-0.39, 0.29) is 9.79 Å². The van der Waals surface area contributed by atoms with Gasteiger partial charge in [-0.2, -0.15) is 4.31 Å². The number of thiazole rings is 1. The van der Waals surface area contributed by atoms with E-state index in [2.05, 4.69) is 10.3 Å². The molecule has 0 unspecified atom stereocenters. The van der Waals surface area contributed by atoms with Gasteiger partial charge in [0, 0.05) is 24.9 Å². The van der Waals surface area contributed by atoms with Crippen molar-refractivity contribution in [3.05, 3.63) is 48.0 Å². The van der Waals surface area contributed by atoms with Gasteiger partial charge in [-0.25, -0.2) is 21.8 Å². The van der Waals surface area contributed by atoms with Crippen molar-refractivity contribution in [1.82, 2.24) is 9.29 Å². The molecule has 1 amide bonds. The SMILES string of the molecule is CS(=O)(=O)c1ccc2nc(NC(=O)c3ccc(S(=O)(=O)N4CCCCCC4)cc3)sc2c1. The molecule has 0 atom stereocenters. The van der Waals surface area contributed by atoms with Crippen molar-refractivity contribution in [2.24, 2.45) is 0 Å². The van der Waals surface area contributed by atoms with Crippen LogP contribution in [0.25, 0.3) is 10.2 Å². The first-order valence-electron chi connectivity index (χ1n) is 10.2. The number of rotatable bonds is 5. The second-order valence-electron chi connectivity index (χ2n) is 7.72. The zero-order chi connectivity index (χ0) is 22.9. The van der Waals surface area contributed by atoms with Crippen LogP contribution in [0, 0.1) is 0 Å². The Bertz CT molecular complexity index is 1360. The first-order valence-corrected chi connectivity index (χ1v) is 14.3. The van der Waals surface area contributed by atoms with Crippen LogP contribution >= 0.6 is 11.3 Å². The maximum Gasteiger partial charge on any atom is 0.257 e. The maximum absolute atomic E-state index is 12.9. The molecule has 1 aliphatic rings. The molecule has 1 aliphatic heterocycles. The van der Waals surface area contributed by atoms with Crippen LogP contribution < -0.4 is 5.32 Å². The summed E-state index contributed by atoms with van der Waals surface area (Å²) >= 11 is 1.17. The topological polar surface area (TPSA) is 114 Å². The molecule has 1 saturated heterocycles. The lowest BCUT2D eigenvalue weighted by molar-refractivity contribution is 0.102. The van der Waals surface area contributed by atoms with Crippen molar-refractivity contribution in [3.8, 4) is 0 Å². The molecule has 2 heterocycles. The Hall–Kier alpha value is -2.34. The van der Waals surface area contributed by atoms with E-state index < -0.39 is 25.8 Å². The number of hydrogen-bond acceptors (Lipinski definition) is 7. The van der Waals surface area contributed by atoms with E-state index in [1.54, 1.807) is 6.07 Å². The first kappa shape index (κ1) is 22.8. The summed E-state index contributed by atoms with van der Waals surface area (Å²) in [5.41, 5.74) is 0.882. The molecule has 0 bridgehead atoms. The van der Waals surface area contributed by atoms with Crippen molar-refractivity contribution in [2.45, 2.75) is 35.5 Å². The number of nitrogens with zero attached hydrogens (tertiary/aromatic N) is 2. The normalized spacial score (nSPS) is 16.0. The minimum atomic E-state index is -3.58. The van der Waals surface area contributed by atoms with E-state index >= 15 is 0 Å². The highest BCUT2D eigenvalue weighted by Gasteiger charge is 2.25. The van der Waals surface area contributed by atoms with Crippen LogP contribution in [-0.2, 0) is 19.9 Å². The van der Waals surface area contributed by atoms with E-state index in [9.17, 15) is 21.6 Å². The number of sulfone groups is 1. The number of carbonyl (C=O) groups excluding carboxylic acids is 1. The van der Waals surface area contributed by atoms with Crippen LogP contribution in [0.15, 0.2) is 52.3 Å². The lowest BCUT2D eigenvalue weighted by Crippen LogP contribution is -2.31. The molecule has 1 N–H and O–H groups in total. The Morgan fingerprint density at radius 2 is 1.56 bits per heavy atom. The van der Waals surface area contributed by atoms with E-state index in [1.165, 1.54) is 52.0 Å². The average Bonchev–Trinajstić information content (AvgIpc) is 2.95. The number of nitrogens with one attached hydrogen (secondary N) is 1. The highest BCUT2D eigenvalue weighted by molar-refractivity contribution is 7.90. The second-order valence-corrected chi connectivity index (χ2v) is 12.7. The monoisotopic (exact) mass is 493 g/mol. The summed E-state index contributed by atoms with van der Waals surface area (Å²) < 4.78 is 51.4. The number of hydrogen-bond donors (Lipinski definition) is 1. The van der Waals surface area contributed by atoms with Gasteiger partial charge in [-0.3, -0.25) is 10.1 Å². The molecule has 32 heavy (non-hydrogen) atoms. The Morgan fingerprint density at radius 3 is 2.19 bits per heavy atom. The number of benzene rings is 2. The number of sulfonamides is 1. The van der Waals surface area contributed by atoms with Gasteiger partial charge in [-0.1, -0.05) is 24.2 Å². The third-order valence-corrected chi connectivity index (χ3v) is 9.28. The summed E-state index contributed by atoms with van der Waals surface area (Å²) in [6.07, 6.45) is 4.91. The molecule has 4 rings (SSSR count). The van der Waals surface area contributed by atoms with Gasteiger partial charge in [-0.15, -0.1) is 0 Å². The van der Waals surface area contributed by atoms with E-state index in [0.29, 0.717) is 34.0 Å². The largest absolute Gasteiger partial charge is 0.298 e. The van der Waals surface area contributed by atoms with Gasteiger partial charge in [0.25, 0.3) is 5.91 Å². The van der Waals surface area contributed by atoms with Crippen LogP contribution in [0.1, 0.15) is 36.0 Å². The molecule has 1 aromatic heterocycles. The lowest BCUT2D eigenvalue weighted by Gasteiger charge is -2.20. The van der Waals surface area contributed by atoms with Crippen molar-refractivity contribution < 1.29 is 21.6 Å². The molecule has 2 aromatic carbocycles. The molecule has 3 aromatic rings. The van der Waals surface area contributed by atoms with Gasteiger partial charge in [0.1, 0.15) is 0 Å². The van der Waals surface area contributed by atoms with Crippen molar-refractivity contribution in [1.29, 1.82) is 0 Å². The van der Waals surface area contributed by atoms with Crippen LogP contribution in [0.2, 0.25) is 0 Å². The molecule has 0 saturated carbocycles. The molecule has 1 fully saturated rings. The summed E-state index contributed by atoms with van der Waals surface area (Å²) in [5.74, 6) is -0.425. The maximum atomic E-state index is 12.9. The van der Waals surface area contributed by atoms with Crippen LogP contribution in [-0.4, -0.2) is 51.4 Å². The Balaban J connectivity index is 1.50. The Kier molecular flexibility index (Phi) is 6.35. The number of fused-ring (bicyclic) bond motifs is 1. The zero-order valence-corrected chi connectivity index (χ0v) is 19.9. The van der Waals surface area contributed by atoms with Gasteiger partial charge in [-0.05, 0) is 55.3 Å². The number of aromatic nitrogens is 1. The van der Waals surface area contributed by atoms with E-state index in [0.717, 1.165) is 31.9 Å². The van der Waals surface area contributed by atoms with E-state index in [4.69, 9.17) is 0 Å². The molecular weight excluding hydrogens is 470 g/mol. The highest BCUT2D eigenvalue weighted by atomic mass is 32.2. The standard InChI is InChI=1S/C21H23N3O5S3/c1-31(26,27)17-10-11-18-19(14-17)30-21(22-18)23-20(25)15-6-8-16(9-7-15)32(28,29)24-12-4-2-3-5-13-24/h6-11,14H,2-5,12-13H2,1H3,(H,22,23,25). The zero-order valence-electron chi connectivity index (χ0n) is 17.4. The van der Waals surface area contributed by atoms with Gasteiger partial charge >= 0.3 is 0 Å². The van der Waals surface area contributed by atoms with Crippen molar-refractivity contribution in [3.63, 3.8) is 0 Å². The Labute approximate surface area is 191 Å². The molecule has 170 valence electrons. The van der Waals surface area contributed by atoms with Crippen LogP contribution in [0.5, 0.6) is 0 Å². The highest BCUT2D eigenvalue weighted by Crippen LogP contribution is 2.28. The number of carbonyl (C=O) groups is 1. The summed E-state index contributed by atoms with van der Waals surface area (Å²) in [7, 11) is -6.92. The summed E-state index contributed by atoms with van der Waals surface area (Å²) in [5, 5.41) is 3.03. The van der Waals surface area contributed by atoms with Crippen LogP contribution in [0.4, 0.5) is 5.13 Å². The fourth-order valence-corrected chi connectivity index (χ4v) is 6.71. The third kappa shape index (κ3) is 4.85. The fourth-order valence-electron chi connectivity index (χ4n) is 3.57. The molecule has 0 radical (unpaired) electrons. The predicted molar refractivity (Wildman–Crippen MR) is 124 cm³/mol. The van der Waals surface area contributed by atoms with Gasteiger partial charge in [0.2, 0.25) is 10.0 Å². The van der Waals surface area contributed by atoms with Crippen molar-refractivity contribution >= 4 is 52.5 Å². The fraction of sp³-hybridized carbons (Fsp3) is 0.333. The van der Waals surface area contributed by atoms with Crippen LogP contribution in [0.3, 0.4) is 0 Å². The Morgan fingerprint density at radius 1 is 0.938 bits per heavy atom. The minimum absolute atomic E-state index is 0.171. The number of amides is 1. The molecular formula is C21H23N3O5S3. The van der Waals surface area contributed by atoms with Gasteiger partial charge < -0.3 is 0 Å². The molecule has 11 heteroatoms. The summed E-state index contributed by atoms with van der Waals surface area (Å²) in [6.45, 7) is 1.03. The first-order chi connectivity index (χ1) is 15.1. The summed E-state index contributed by atoms with van der Waals surface area (Å²) in [4.78, 5) is 17.3. The third-order valence-electron chi connectivity index (χ3n) is 5.33. The predicted octanol–water partition coefficient (Wildman–Crippen LogP) is 3.52. The lowest BCUT2D eigenvalue weighted by atomic mass is 10.2. The smallest absolute Gasteiger partial charge is 0.257 e. The summed E-state index contributed by atoms with van der Waals surface area (Å²) in [6, 6.07) is 10.5.